The van der Waals surface area contributed by atoms with Gasteiger partial charge in [-0.15, -0.1) is 0 Å². The molecule has 0 aliphatic rings. The normalized spacial score (nSPS) is 12.8. The molecular weight excluding hydrogens is 207 g/mol. The molecule has 0 aliphatic carbocycles. The highest BCUT2D eigenvalue weighted by atomic mass is 35.5. The van der Waals surface area contributed by atoms with Crippen molar-refractivity contribution in [3.8, 4) is 0 Å². The molecular formula is C10H12Cl2O. The molecule has 1 aromatic carbocycles. The standard InChI is InChI=1S/C10H12Cl2O/c1-13-10(12)7-4-8-2-5-9(11)6-3-8/h2-3,5-6,10H,4,7H2,1H3. The fraction of sp³-hybridized carbons (Fsp3) is 0.400. The van der Waals surface area contributed by atoms with E-state index in [0.29, 0.717) is 0 Å². The van der Waals surface area contributed by atoms with Gasteiger partial charge in [-0.1, -0.05) is 35.3 Å². The number of halogens is 2. The molecule has 0 fully saturated rings. The zero-order valence-electron chi connectivity index (χ0n) is 7.47. The van der Waals surface area contributed by atoms with Gasteiger partial charge in [0.05, 0.1) is 0 Å². The van der Waals surface area contributed by atoms with Gasteiger partial charge in [0.25, 0.3) is 0 Å². The van der Waals surface area contributed by atoms with Crippen molar-refractivity contribution in [3.63, 3.8) is 0 Å². The van der Waals surface area contributed by atoms with Gasteiger partial charge in [-0.3, -0.25) is 0 Å². The summed E-state index contributed by atoms with van der Waals surface area (Å²) < 4.78 is 4.93. The maximum absolute atomic E-state index is 5.80. The van der Waals surface area contributed by atoms with Crippen LogP contribution in [-0.4, -0.2) is 12.7 Å². The van der Waals surface area contributed by atoms with Crippen LogP contribution in [0.5, 0.6) is 0 Å². The number of benzene rings is 1. The third-order valence-electron chi connectivity index (χ3n) is 1.83. The summed E-state index contributed by atoms with van der Waals surface area (Å²) in [6.07, 6.45) is 1.73. The van der Waals surface area contributed by atoms with Crippen LogP contribution in [0, 0.1) is 0 Å². The van der Waals surface area contributed by atoms with Crippen molar-refractivity contribution in [2.24, 2.45) is 0 Å². The molecule has 0 amide bonds. The molecule has 0 bridgehead atoms. The molecule has 72 valence electrons. The van der Waals surface area contributed by atoms with Crippen molar-refractivity contribution >= 4 is 23.2 Å². The third kappa shape index (κ3) is 3.99. The highest BCUT2D eigenvalue weighted by Crippen LogP contribution is 2.13. The van der Waals surface area contributed by atoms with E-state index >= 15 is 0 Å². The lowest BCUT2D eigenvalue weighted by molar-refractivity contribution is 0.160. The molecule has 0 heterocycles. The Hall–Kier alpha value is -0.240. The summed E-state index contributed by atoms with van der Waals surface area (Å²) in [5.41, 5.74) is 1.03. The van der Waals surface area contributed by atoms with Gasteiger partial charge in [0.2, 0.25) is 0 Å². The summed E-state index contributed by atoms with van der Waals surface area (Å²) in [7, 11) is 1.61. The molecule has 0 radical (unpaired) electrons. The van der Waals surface area contributed by atoms with Gasteiger partial charge >= 0.3 is 0 Å². The van der Waals surface area contributed by atoms with E-state index in [0.717, 1.165) is 17.9 Å². The highest BCUT2D eigenvalue weighted by molar-refractivity contribution is 6.30. The smallest absolute Gasteiger partial charge is 0.131 e. The van der Waals surface area contributed by atoms with E-state index in [-0.39, 0.29) is 5.56 Å². The Kier molecular flexibility index (Phi) is 4.57. The topological polar surface area (TPSA) is 9.23 Å². The molecule has 0 saturated heterocycles. The fourth-order valence-electron chi connectivity index (χ4n) is 1.05. The van der Waals surface area contributed by atoms with Gasteiger partial charge in [0, 0.05) is 12.1 Å². The molecule has 0 N–H and O–H groups in total. The lowest BCUT2D eigenvalue weighted by Gasteiger charge is -2.06. The van der Waals surface area contributed by atoms with Crippen LogP contribution in [0.25, 0.3) is 0 Å². The van der Waals surface area contributed by atoms with Gasteiger partial charge in [-0.05, 0) is 30.5 Å². The van der Waals surface area contributed by atoms with Crippen LogP contribution >= 0.6 is 23.2 Å². The van der Waals surface area contributed by atoms with E-state index in [1.165, 1.54) is 5.56 Å². The van der Waals surface area contributed by atoms with E-state index < -0.39 is 0 Å². The number of hydrogen-bond acceptors (Lipinski definition) is 1. The van der Waals surface area contributed by atoms with Crippen molar-refractivity contribution in [3.05, 3.63) is 34.9 Å². The van der Waals surface area contributed by atoms with Gasteiger partial charge in [0.1, 0.15) is 5.56 Å². The molecule has 1 rings (SSSR count). The molecule has 1 unspecified atom stereocenters. The molecule has 1 aromatic rings. The predicted octanol–water partition coefficient (Wildman–Crippen LogP) is 3.48. The van der Waals surface area contributed by atoms with Crippen molar-refractivity contribution in [2.75, 3.05) is 7.11 Å². The summed E-state index contributed by atoms with van der Waals surface area (Å²) in [4.78, 5) is 0. The Morgan fingerprint density at radius 2 is 1.92 bits per heavy atom. The summed E-state index contributed by atoms with van der Waals surface area (Å²) >= 11 is 11.5. The Labute approximate surface area is 88.6 Å². The second-order valence-corrected chi connectivity index (χ2v) is 3.73. The fourth-order valence-corrected chi connectivity index (χ4v) is 1.28. The number of alkyl halides is 1. The maximum Gasteiger partial charge on any atom is 0.131 e. The molecule has 3 heteroatoms. The van der Waals surface area contributed by atoms with Crippen molar-refractivity contribution < 1.29 is 4.74 Å². The van der Waals surface area contributed by atoms with Crippen molar-refractivity contribution in [1.29, 1.82) is 0 Å². The van der Waals surface area contributed by atoms with E-state index in [2.05, 4.69) is 0 Å². The Morgan fingerprint density at radius 3 is 2.46 bits per heavy atom. The first-order valence-electron chi connectivity index (χ1n) is 4.13. The molecule has 13 heavy (non-hydrogen) atoms. The molecule has 0 aliphatic heterocycles. The molecule has 1 nitrogen and oxygen atoms in total. The Morgan fingerprint density at radius 1 is 1.31 bits per heavy atom. The minimum absolute atomic E-state index is 0.198. The summed E-state index contributed by atoms with van der Waals surface area (Å²) in [6.45, 7) is 0. The van der Waals surface area contributed by atoms with Crippen molar-refractivity contribution in [2.45, 2.75) is 18.4 Å². The van der Waals surface area contributed by atoms with E-state index in [4.69, 9.17) is 27.9 Å². The second-order valence-electron chi connectivity index (χ2n) is 2.81. The lowest BCUT2D eigenvalue weighted by Crippen LogP contribution is -2.02. The molecule has 1 atom stereocenters. The predicted molar refractivity (Wildman–Crippen MR) is 56.4 cm³/mol. The number of hydrogen-bond donors (Lipinski definition) is 0. The molecule has 0 spiro atoms. The maximum atomic E-state index is 5.80. The van der Waals surface area contributed by atoms with Gasteiger partial charge in [-0.25, -0.2) is 0 Å². The van der Waals surface area contributed by atoms with E-state index in [9.17, 15) is 0 Å². The van der Waals surface area contributed by atoms with Crippen LogP contribution in [-0.2, 0) is 11.2 Å². The SMILES string of the molecule is COC(Cl)CCc1ccc(Cl)cc1. The average Bonchev–Trinajstić information content (AvgIpc) is 2.16. The van der Waals surface area contributed by atoms with E-state index in [1.54, 1.807) is 7.11 Å². The van der Waals surface area contributed by atoms with Crippen LogP contribution in [0.1, 0.15) is 12.0 Å². The van der Waals surface area contributed by atoms with Crippen molar-refractivity contribution in [1.82, 2.24) is 0 Å². The number of methoxy groups -OCH3 is 1. The Balaban J connectivity index is 2.41. The summed E-state index contributed by atoms with van der Waals surface area (Å²) in [6, 6.07) is 7.77. The average molecular weight is 219 g/mol. The summed E-state index contributed by atoms with van der Waals surface area (Å²) in [5, 5.41) is 0.762. The first kappa shape index (κ1) is 10.8. The van der Waals surface area contributed by atoms with Crippen LogP contribution in [0.15, 0.2) is 24.3 Å². The van der Waals surface area contributed by atoms with Crippen LogP contribution < -0.4 is 0 Å². The van der Waals surface area contributed by atoms with Gasteiger partial charge in [0.15, 0.2) is 0 Å². The molecule has 0 aromatic heterocycles. The Bertz CT molecular complexity index is 246. The van der Waals surface area contributed by atoms with Crippen LogP contribution in [0.3, 0.4) is 0 Å². The first-order chi connectivity index (χ1) is 6.22. The third-order valence-corrected chi connectivity index (χ3v) is 2.48. The monoisotopic (exact) mass is 218 g/mol. The minimum Gasteiger partial charge on any atom is -0.366 e. The van der Waals surface area contributed by atoms with E-state index in [1.807, 2.05) is 24.3 Å². The lowest BCUT2D eigenvalue weighted by atomic mass is 10.1. The second kappa shape index (κ2) is 5.48. The summed E-state index contributed by atoms with van der Waals surface area (Å²) in [5.74, 6) is 0. The first-order valence-corrected chi connectivity index (χ1v) is 4.95. The quantitative estimate of drug-likeness (QED) is 0.704. The largest absolute Gasteiger partial charge is 0.366 e. The minimum atomic E-state index is -0.198. The van der Waals surface area contributed by atoms with Gasteiger partial charge < -0.3 is 4.74 Å². The zero-order valence-corrected chi connectivity index (χ0v) is 8.98. The van der Waals surface area contributed by atoms with Crippen LogP contribution in [0.2, 0.25) is 5.02 Å². The molecule has 0 saturated carbocycles. The number of rotatable bonds is 4. The van der Waals surface area contributed by atoms with Gasteiger partial charge in [-0.2, -0.15) is 0 Å². The zero-order chi connectivity index (χ0) is 9.68. The van der Waals surface area contributed by atoms with Crippen LogP contribution in [0.4, 0.5) is 0 Å². The number of ether oxygens (including phenoxy) is 1. The highest BCUT2D eigenvalue weighted by Gasteiger charge is 2.01. The number of aryl methyl sites for hydroxylation is 1.